The Morgan fingerprint density at radius 3 is 2.52 bits per heavy atom. The van der Waals surface area contributed by atoms with Gasteiger partial charge in [0.2, 0.25) is 0 Å². The number of carbonyl (C=O) groups is 1. The van der Waals surface area contributed by atoms with E-state index in [1.54, 1.807) is 0 Å². The van der Waals surface area contributed by atoms with Crippen molar-refractivity contribution in [2.45, 2.75) is 26.2 Å². The topological polar surface area (TPSA) is 51.2 Å². The SMILES string of the molecule is CC(C)(C)c1ccc(OCC(=O)Nc2nc(-c3ccccc3Cl)cs2)cc1. The number of halogens is 1. The van der Waals surface area contributed by atoms with Crippen molar-refractivity contribution in [2.75, 3.05) is 11.9 Å². The maximum Gasteiger partial charge on any atom is 0.264 e. The molecule has 0 spiro atoms. The molecule has 0 saturated heterocycles. The largest absolute Gasteiger partial charge is 0.484 e. The molecule has 140 valence electrons. The fourth-order valence-electron chi connectivity index (χ4n) is 2.48. The molecular formula is C21H21ClN2O2S. The van der Waals surface area contributed by atoms with Crippen molar-refractivity contribution in [1.82, 2.24) is 4.98 Å². The summed E-state index contributed by atoms with van der Waals surface area (Å²) in [4.78, 5) is 16.6. The first kappa shape index (κ1) is 19.4. The van der Waals surface area contributed by atoms with E-state index in [4.69, 9.17) is 16.3 Å². The van der Waals surface area contributed by atoms with Gasteiger partial charge in [0.1, 0.15) is 5.75 Å². The number of rotatable bonds is 5. The predicted octanol–water partition coefficient (Wildman–Crippen LogP) is 5.78. The van der Waals surface area contributed by atoms with Crippen LogP contribution in [0.25, 0.3) is 11.3 Å². The standard InChI is InChI=1S/C21H21ClN2O2S/c1-21(2,3)14-8-10-15(11-9-14)26-12-19(25)24-20-23-18(13-27-20)16-6-4-5-7-17(16)22/h4-11,13H,12H2,1-3H3,(H,23,24,25). The number of ether oxygens (including phenoxy) is 1. The number of hydrogen-bond acceptors (Lipinski definition) is 4. The van der Waals surface area contributed by atoms with E-state index in [2.05, 4.69) is 31.1 Å². The van der Waals surface area contributed by atoms with E-state index < -0.39 is 0 Å². The highest BCUT2D eigenvalue weighted by molar-refractivity contribution is 7.14. The zero-order chi connectivity index (χ0) is 19.4. The Balaban J connectivity index is 1.56. The van der Waals surface area contributed by atoms with Gasteiger partial charge in [0.05, 0.1) is 5.69 Å². The summed E-state index contributed by atoms with van der Waals surface area (Å²) in [5.41, 5.74) is 2.87. The third kappa shape index (κ3) is 5.08. The molecule has 0 aliphatic heterocycles. The van der Waals surface area contributed by atoms with Crippen molar-refractivity contribution in [2.24, 2.45) is 0 Å². The Hall–Kier alpha value is -2.37. The van der Waals surface area contributed by atoms with Crippen LogP contribution >= 0.6 is 22.9 Å². The highest BCUT2D eigenvalue weighted by Crippen LogP contribution is 2.30. The van der Waals surface area contributed by atoms with Gasteiger partial charge in [0, 0.05) is 16.0 Å². The first-order valence-electron chi connectivity index (χ1n) is 8.56. The average Bonchev–Trinajstić information content (AvgIpc) is 3.08. The van der Waals surface area contributed by atoms with Crippen LogP contribution in [0.5, 0.6) is 5.75 Å². The van der Waals surface area contributed by atoms with Crippen LogP contribution in [0.1, 0.15) is 26.3 Å². The Morgan fingerprint density at radius 1 is 1.15 bits per heavy atom. The summed E-state index contributed by atoms with van der Waals surface area (Å²) in [6, 6.07) is 15.3. The summed E-state index contributed by atoms with van der Waals surface area (Å²) in [7, 11) is 0. The smallest absolute Gasteiger partial charge is 0.264 e. The molecule has 0 bridgehead atoms. The summed E-state index contributed by atoms with van der Waals surface area (Å²) in [6.45, 7) is 6.39. The highest BCUT2D eigenvalue weighted by atomic mass is 35.5. The van der Waals surface area contributed by atoms with Gasteiger partial charge in [-0.25, -0.2) is 4.98 Å². The Bertz CT molecular complexity index is 930. The minimum atomic E-state index is -0.255. The highest BCUT2D eigenvalue weighted by Gasteiger charge is 2.14. The van der Waals surface area contributed by atoms with Crippen LogP contribution in [0.2, 0.25) is 5.02 Å². The van der Waals surface area contributed by atoms with Gasteiger partial charge in [0.25, 0.3) is 5.91 Å². The molecule has 6 heteroatoms. The van der Waals surface area contributed by atoms with Crippen LogP contribution < -0.4 is 10.1 Å². The van der Waals surface area contributed by atoms with Crippen molar-refractivity contribution in [3.8, 4) is 17.0 Å². The molecule has 1 N–H and O–H groups in total. The fraction of sp³-hybridized carbons (Fsp3) is 0.238. The molecule has 3 aromatic rings. The summed E-state index contributed by atoms with van der Waals surface area (Å²) in [5.74, 6) is 0.406. The summed E-state index contributed by atoms with van der Waals surface area (Å²) in [6.07, 6.45) is 0. The molecule has 2 aromatic carbocycles. The van der Waals surface area contributed by atoms with Gasteiger partial charge >= 0.3 is 0 Å². The van der Waals surface area contributed by atoms with Crippen LogP contribution in [-0.2, 0) is 10.2 Å². The molecule has 0 fully saturated rings. The van der Waals surface area contributed by atoms with Gasteiger partial charge in [-0.2, -0.15) is 0 Å². The lowest BCUT2D eigenvalue weighted by Crippen LogP contribution is -2.20. The van der Waals surface area contributed by atoms with E-state index in [0.717, 1.165) is 11.3 Å². The molecule has 27 heavy (non-hydrogen) atoms. The fourth-order valence-corrected chi connectivity index (χ4v) is 3.44. The number of hydrogen-bond donors (Lipinski definition) is 1. The number of aromatic nitrogens is 1. The lowest BCUT2D eigenvalue weighted by Gasteiger charge is -2.19. The van der Waals surface area contributed by atoms with E-state index in [0.29, 0.717) is 15.9 Å². The van der Waals surface area contributed by atoms with E-state index in [1.807, 2.05) is 53.9 Å². The molecule has 0 aliphatic carbocycles. The summed E-state index contributed by atoms with van der Waals surface area (Å²) < 4.78 is 5.56. The normalized spacial score (nSPS) is 11.3. The minimum Gasteiger partial charge on any atom is -0.484 e. The van der Waals surface area contributed by atoms with Gasteiger partial charge in [0.15, 0.2) is 11.7 Å². The zero-order valence-electron chi connectivity index (χ0n) is 15.5. The number of amides is 1. The Morgan fingerprint density at radius 2 is 1.85 bits per heavy atom. The van der Waals surface area contributed by atoms with Crippen LogP contribution in [-0.4, -0.2) is 17.5 Å². The van der Waals surface area contributed by atoms with Crippen LogP contribution in [0.4, 0.5) is 5.13 Å². The second-order valence-corrected chi connectivity index (χ2v) is 8.39. The Kier molecular flexibility index (Phi) is 5.82. The van der Waals surface area contributed by atoms with E-state index >= 15 is 0 Å². The molecular weight excluding hydrogens is 380 g/mol. The number of nitrogens with one attached hydrogen (secondary N) is 1. The van der Waals surface area contributed by atoms with Crippen molar-refractivity contribution in [3.63, 3.8) is 0 Å². The molecule has 0 radical (unpaired) electrons. The van der Waals surface area contributed by atoms with Crippen LogP contribution in [0, 0.1) is 0 Å². The van der Waals surface area contributed by atoms with Gasteiger partial charge < -0.3 is 4.74 Å². The van der Waals surface area contributed by atoms with Crippen molar-refractivity contribution < 1.29 is 9.53 Å². The molecule has 0 saturated carbocycles. The van der Waals surface area contributed by atoms with Crippen molar-refractivity contribution in [3.05, 3.63) is 64.5 Å². The molecule has 3 rings (SSSR count). The maximum atomic E-state index is 12.1. The predicted molar refractivity (Wildman–Crippen MR) is 112 cm³/mol. The first-order chi connectivity index (χ1) is 12.8. The number of anilines is 1. The van der Waals surface area contributed by atoms with Gasteiger partial charge in [-0.1, -0.05) is 62.7 Å². The lowest BCUT2D eigenvalue weighted by molar-refractivity contribution is -0.118. The summed E-state index contributed by atoms with van der Waals surface area (Å²) in [5, 5.41) is 5.76. The monoisotopic (exact) mass is 400 g/mol. The Labute approximate surface area is 168 Å². The van der Waals surface area contributed by atoms with Crippen LogP contribution in [0.15, 0.2) is 53.9 Å². The second-order valence-electron chi connectivity index (χ2n) is 7.13. The van der Waals surface area contributed by atoms with Crippen molar-refractivity contribution >= 4 is 34.0 Å². The molecule has 0 unspecified atom stereocenters. The van der Waals surface area contributed by atoms with Gasteiger partial charge in [-0.15, -0.1) is 11.3 Å². The zero-order valence-corrected chi connectivity index (χ0v) is 17.0. The molecule has 1 aromatic heterocycles. The number of benzene rings is 2. The van der Waals surface area contributed by atoms with E-state index in [9.17, 15) is 4.79 Å². The maximum absolute atomic E-state index is 12.1. The number of nitrogens with zero attached hydrogens (tertiary/aromatic N) is 1. The third-order valence-electron chi connectivity index (χ3n) is 3.99. The average molecular weight is 401 g/mol. The van der Waals surface area contributed by atoms with Crippen molar-refractivity contribution in [1.29, 1.82) is 0 Å². The van der Waals surface area contributed by atoms with Gasteiger partial charge in [-0.05, 0) is 29.2 Å². The molecule has 4 nitrogen and oxygen atoms in total. The molecule has 0 aliphatic rings. The second kappa shape index (κ2) is 8.11. The number of thiazole rings is 1. The lowest BCUT2D eigenvalue weighted by atomic mass is 9.87. The quantitative estimate of drug-likeness (QED) is 0.590. The number of carbonyl (C=O) groups excluding carboxylic acids is 1. The van der Waals surface area contributed by atoms with E-state index in [-0.39, 0.29) is 17.9 Å². The first-order valence-corrected chi connectivity index (χ1v) is 9.82. The molecule has 1 amide bonds. The minimum absolute atomic E-state index is 0.0735. The summed E-state index contributed by atoms with van der Waals surface area (Å²) >= 11 is 7.54. The molecule has 0 atom stereocenters. The van der Waals surface area contributed by atoms with E-state index in [1.165, 1.54) is 16.9 Å². The van der Waals surface area contributed by atoms with Gasteiger partial charge in [-0.3, -0.25) is 10.1 Å². The molecule has 1 heterocycles. The van der Waals surface area contributed by atoms with Crippen LogP contribution in [0.3, 0.4) is 0 Å². The third-order valence-corrected chi connectivity index (χ3v) is 5.08.